The van der Waals surface area contributed by atoms with Gasteiger partial charge in [-0.05, 0) is 39.7 Å². The van der Waals surface area contributed by atoms with Crippen molar-refractivity contribution >= 4 is 17.5 Å². The Morgan fingerprint density at radius 3 is 2.27 bits per heavy atom. The predicted molar refractivity (Wildman–Crippen MR) is 116 cm³/mol. The second-order valence-electron chi connectivity index (χ2n) is 8.30. The highest BCUT2D eigenvalue weighted by atomic mass is 16.6. The average Bonchev–Trinajstić information content (AvgIpc) is 2.67. The van der Waals surface area contributed by atoms with Crippen molar-refractivity contribution < 1.29 is 14.5 Å². The summed E-state index contributed by atoms with van der Waals surface area (Å²) in [6, 6.07) is 15.2. The Bertz CT molecular complexity index is 891. The molecule has 0 unspecified atom stereocenters. The number of nitro benzene ring substituents is 1. The quantitative estimate of drug-likeness (QED) is 0.531. The third-order valence-corrected chi connectivity index (χ3v) is 4.68. The van der Waals surface area contributed by atoms with Gasteiger partial charge in [0.25, 0.3) is 5.69 Å². The van der Waals surface area contributed by atoms with E-state index in [2.05, 4.69) is 5.32 Å². The summed E-state index contributed by atoms with van der Waals surface area (Å²) in [6.45, 7) is 7.65. The van der Waals surface area contributed by atoms with E-state index >= 15 is 0 Å². The maximum absolute atomic E-state index is 13.1. The fourth-order valence-corrected chi connectivity index (χ4v) is 3.15. The largest absolute Gasteiger partial charge is 0.350 e. The van der Waals surface area contributed by atoms with E-state index in [1.807, 2.05) is 51.1 Å². The lowest BCUT2D eigenvalue weighted by atomic mass is 10.1. The van der Waals surface area contributed by atoms with Crippen LogP contribution in [-0.4, -0.2) is 39.8 Å². The van der Waals surface area contributed by atoms with Gasteiger partial charge in [-0.15, -0.1) is 0 Å². The van der Waals surface area contributed by atoms with E-state index in [0.717, 1.165) is 5.56 Å². The summed E-state index contributed by atoms with van der Waals surface area (Å²) in [4.78, 5) is 38.2. The second kappa shape index (κ2) is 10.0. The molecule has 0 bridgehead atoms. The highest BCUT2D eigenvalue weighted by Crippen LogP contribution is 2.20. The van der Waals surface area contributed by atoms with Crippen LogP contribution < -0.4 is 5.32 Å². The van der Waals surface area contributed by atoms with Gasteiger partial charge < -0.3 is 10.2 Å². The maximum Gasteiger partial charge on any atom is 0.273 e. The molecule has 0 spiro atoms. The van der Waals surface area contributed by atoms with Gasteiger partial charge in [-0.2, -0.15) is 0 Å². The minimum atomic E-state index is -0.705. The van der Waals surface area contributed by atoms with Gasteiger partial charge in [-0.1, -0.05) is 48.5 Å². The first-order valence-corrected chi connectivity index (χ1v) is 9.96. The van der Waals surface area contributed by atoms with E-state index < -0.39 is 16.5 Å². The van der Waals surface area contributed by atoms with Crippen molar-refractivity contribution in [1.29, 1.82) is 0 Å². The van der Waals surface area contributed by atoms with Crippen molar-refractivity contribution in [3.05, 3.63) is 75.8 Å². The van der Waals surface area contributed by atoms with Crippen molar-refractivity contribution in [2.45, 2.75) is 52.1 Å². The molecule has 0 aliphatic rings. The Hall–Kier alpha value is -3.22. The molecule has 0 aromatic heterocycles. The smallest absolute Gasteiger partial charge is 0.273 e. The number of nitro groups is 1. The molecule has 0 heterocycles. The van der Waals surface area contributed by atoms with Crippen LogP contribution in [0.5, 0.6) is 0 Å². The molecule has 0 radical (unpaired) electrons. The monoisotopic (exact) mass is 411 g/mol. The van der Waals surface area contributed by atoms with Crippen molar-refractivity contribution in [1.82, 2.24) is 10.2 Å². The number of carbonyl (C=O) groups is 2. The van der Waals surface area contributed by atoms with Gasteiger partial charge in [0.1, 0.15) is 6.04 Å². The SMILES string of the molecule is C[C@H](C(=O)NC(C)(C)C)N(CCc1ccccc1)C(=O)Cc1ccccc1[N+](=O)[O-]. The topological polar surface area (TPSA) is 92.6 Å². The fourth-order valence-electron chi connectivity index (χ4n) is 3.15. The van der Waals surface area contributed by atoms with Crippen LogP contribution in [0.2, 0.25) is 0 Å². The van der Waals surface area contributed by atoms with E-state index in [1.165, 1.54) is 11.0 Å². The van der Waals surface area contributed by atoms with Gasteiger partial charge in [-0.3, -0.25) is 19.7 Å². The lowest BCUT2D eigenvalue weighted by Gasteiger charge is -2.31. The summed E-state index contributed by atoms with van der Waals surface area (Å²) in [7, 11) is 0. The highest BCUT2D eigenvalue weighted by molar-refractivity contribution is 5.88. The van der Waals surface area contributed by atoms with E-state index in [9.17, 15) is 19.7 Å². The van der Waals surface area contributed by atoms with Crippen molar-refractivity contribution in [3.63, 3.8) is 0 Å². The van der Waals surface area contributed by atoms with Gasteiger partial charge >= 0.3 is 0 Å². The van der Waals surface area contributed by atoms with E-state index in [4.69, 9.17) is 0 Å². The first kappa shape index (κ1) is 23.1. The van der Waals surface area contributed by atoms with E-state index in [0.29, 0.717) is 18.5 Å². The third kappa shape index (κ3) is 6.69. The number of para-hydroxylation sites is 1. The number of carbonyl (C=O) groups excluding carboxylic acids is 2. The fraction of sp³-hybridized carbons (Fsp3) is 0.391. The molecule has 160 valence electrons. The third-order valence-electron chi connectivity index (χ3n) is 4.68. The zero-order chi connectivity index (χ0) is 22.3. The number of benzene rings is 2. The first-order valence-electron chi connectivity index (χ1n) is 9.96. The lowest BCUT2D eigenvalue weighted by molar-refractivity contribution is -0.385. The van der Waals surface area contributed by atoms with E-state index in [-0.39, 0.29) is 23.9 Å². The van der Waals surface area contributed by atoms with Crippen LogP contribution in [0.3, 0.4) is 0 Å². The molecule has 2 aromatic carbocycles. The summed E-state index contributed by atoms with van der Waals surface area (Å²) < 4.78 is 0. The predicted octanol–water partition coefficient (Wildman–Crippen LogP) is 3.51. The Balaban J connectivity index is 2.24. The molecular formula is C23H29N3O4. The summed E-state index contributed by atoms with van der Waals surface area (Å²) in [6.07, 6.45) is 0.440. The Morgan fingerprint density at radius 2 is 1.67 bits per heavy atom. The number of nitrogens with one attached hydrogen (secondary N) is 1. The molecule has 2 aromatic rings. The van der Waals surface area contributed by atoms with Crippen LogP contribution in [0, 0.1) is 10.1 Å². The molecule has 0 aliphatic carbocycles. The molecule has 0 fully saturated rings. The van der Waals surface area contributed by atoms with Crippen LogP contribution in [0.25, 0.3) is 0 Å². The summed E-state index contributed by atoms with van der Waals surface area (Å²) in [5, 5.41) is 14.2. The van der Waals surface area contributed by atoms with Crippen LogP contribution in [0.15, 0.2) is 54.6 Å². The van der Waals surface area contributed by atoms with Crippen LogP contribution >= 0.6 is 0 Å². The molecule has 0 saturated heterocycles. The molecule has 30 heavy (non-hydrogen) atoms. The first-order chi connectivity index (χ1) is 14.1. The number of rotatable bonds is 8. The zero-order valence-electron chi connectivity index (χ0n) is 17.9. The molecule has 2 amide bonds. The highest BCUT2D eigenvalue weighted by Gasteiger charge is 2.29. The average molecular weight is 412 g/mol. The van der Waals surface area contributed by atoms with Crippen LogP contribution in [0.1, 0.15) is 38.8 Å². The molecule has 7 nitrogen and oxygen atoms in total. The molecule has 7 heteroatoms. The number of hydrogen-bond acceptors (Lipinski definition) is 4. The van der Waals surface area contributed by atoms with Crippen molar-refractivity contribution in [3.8, 4) is 0 Å². The molecule has 0 aliphatic heterocycles. The van der Waals surface area contributed by atoms with Crippen molar-refractivity contribution in [2.75, 3.05) is 6.54 Å². The van der Waals surface area contributed by atoms with Gasteiger partial charge in [0.05, 0.1) is 11.3 Å². The summed E-state index contributed by atoms with van der Waals surface area (Å²) in [5.41, 5.74) is 0.850. The van der Waals surface area contributed by atoms with E-state index in [1.54, 1.807) is 25.1 Å². The molecule has 2 rings (SSSR count). The maximum atomic E-state index is 13.1. The number of nitrogens with zero attached hydrogens (tertiary/aromatic N) is 2. The molecule has 1 atom stereocenters. The molecule has 1 N–H and O–H groups in total. The van der Waals surface area contributed by atoms with Crippen LogP contribution in [0.4, 0.5) is 5.69 Å². The van der Waals surface area contributed by atoms with Gasteiger partial charge in [-0.25, -0.2) is 0 Å². The Morgan fingerprint density at radius 1 is 1.07 bits per heavy atom. The summed E-state index contributed by atoms with van der Waals surface area (Å²) in [5.74, 6) is -0.580. The van der Waals surface area contributed by atoms with Crippen LogP contribution in [-0.2, 0) is 22.4 Å². The number of amides is 2. The van der Waals surface area contributed by atoms with Gasteiger partial charge in [0.15, 0.2) is 0 Å². The standard InChI is InChI=1S/C23H29N3O4/c1-17(22(28)24-23(2,3)4)25(15-14-18-10-6-5-7-11-18)21(27)16-19-12-8-9-13-20(19)26(29)30/h5-13,17H,14-16H2,1-4H3,(H,24,28)/t17-/m1/s1. The second-order valence-corrected chi connectivity index (χ2v) is 8.30. The minimum Gasteiger partial charge on any atom is -0.350 e. The Kier molecular flexibility index (Phi) is 7.69. The number of hydrogen-bond donors (Lipinski definition) is 1. The van der Waals surface area contributed by atoms with Crippen molar-refractivity contribution in [2.24, 2.45) is 0 Å². The molecular weight excluding hydrogens is 382 g/mol. The van der Waals surface area contributed by atoms with Gasteiger partial charge in [0.2, 0.25) is 11.8 Å². The Labute approximate surface area is 177 Å². The minimum absolute atomic E-state index is 0.0966. The zero-order valence-corrected chi connectivity index (χ0v) is 17.9. The van der Waals surface area contributed by atoms with Gasteiger partial charge in [0, 0.05) is 23.7 Å². The lowest BCUT2D eigenvalue weighted by Crippen LogP contribution is -2.53. The normalized spacial score (nSPS) is 12.1. The summed E-state index contributed by atoms with van der Waals surface area (Å²) >= 11 is 0. The molecule has 0 saturated carbocycles.